The molecule has 3 heteroatoms. The van der Waals surface area contributed by atoms with E-state index in [9.17, 15) is 0 Å². The number of benzene rings is 1. The molecular formula is C14H17N2O+. The van der Waals surface area contributed by atoms with Crippen molar-refractivity contribution in [2.45, 2.75) is 26.7 Å². The molecule has 0 aliphatic carbocycles. The molecule has 0 spiro atoms. The molecule has 0 atom stereocenters. The van der Waals surface area contributed by atoms with Crippen LogP contribution < -0.4 is 4.74 Å². The first-order valence-electron chi connectivity index (χ1n) is 5.71. The number of rotatable bonds is 2. The smallest absolute Gasteiger partial charge is 0.291 e. The van der Waals surface area contributed by atoms with Gasteiger partial charge in [-0.2, -0.15) is 0 Å². The Morgan fingerprint density at radius 3 is 2.35 bits per heavy atom. The van der Waals surface area contributed by atoms with Gasteiger partial charge in [0.25, 0.3) is 5.90 Å². The van der Waals surface area contributed by atoms with E-state index in [4.69, 9.17) is 4.74 Å². The second-order valence-corrected chi connectivity index (χ2v) is 4.45. The first-order valence-corrected chi connectivity index (χ1v) is 5.71. The molecule has 0 fully saturated rings. The molecule has 0 amide bonds. The number of nitrogens with zero attached hydrogens (tertiary/aromatic N) is 2. The van der Waals surface area contributed by atoms with Gasteiger partial charge < -0.3 is 4.74 Å². The lowest BCUT2D eigenvalue weighted by molar-refractivity contribution is -0.468. The highest BCUT2D eigenvalue weighted by Crippen LogP contribution is 2.19. The maximum atomic E-state index is 5.64. The van der Waals surface area contributed by atoms with Crippen LogP contribution in [0.5, 0.6) is 5.75 Å². The van der Waals surface area contributed by atoms with Gasteiger partial charge in [-0.1, -0.05) is 30.7 Å². The van der Waals surface area contributed by atoms with Crippen molar-refractivity contribution in [2.75, 3.05) is 0 Å². The largest absolute Gasteiger partial charge is 0.434 e. The minimum Gasteiger partial charge on any atom is -0.434 e. The summed E-state index contributed by atoms with van der Waals surface area (Å²) in [4.78, 5) is 0. The Hall–Kier alpha value is -1.90. The van der Waals surface area contributed by atoms with Gasteiger partial charge in [0.2, 0.25) is 5.70 Å². The third-order valence-corrected chi connectivity index (χ3v) is 2.73. The minimum atomic E-state index is 0.533. The average Bonchev–Trinajstić information content (AvgIpc) is 2.58. The maximum Gasteiger partial charge on any atom is 0.291 e. The van der Waals surface area contributed by atoms with Crippen molar-refractivity contribution in [1.82, 2.24) is 0 Å². The van der Waals surface area contributed by atoms with Crippen molar-refractivity contribution < 1.29 is 9.42 Å². The van der Waals surface area contributed by atoms with E-state index in [-0.39, 0.29) is 0 Å². The van der Waals surface area contributed by atoms with Gasteiger partial charge in [0.15, 0.2) is 6.72 Å². The fourth-order valence-electron chi connectivity index (χ4n) is 1.57. The van der Waals surface area contributed by atoms with Crippen LogP contribution in [0.4, 0.5) is 0 Å². The van der Waals surface area contributed by atoms with Crippen LogP contribution in [0, 0.1) is 0 Å². The Bertz CT molecular complexity index is 495. The van der Waals surface area contributed by atoms with E-state index in [0.717, 1.165) is 11.4 Å². The summed E-state index contributed by atoms with van der Waals surface area (Å²) < 4.78 is 7.20. The van der Waals surface area contributed by atoms with Gasteiger partial charge in [-0.05, 0) is 23.6 Å². The highest BCUT2D eigenvalue weighted by atomic mass is 16.5. The van der Waals surface area contributed by atoms with E-state index < -0.39 is 0 Å². The molecule has 1 heterocycles. The normalized spacial score (nSPS) is 14.9. The first kappa shape index (κ1) is 11.6. The zero-order valence-electron chi connectivity index (χ0n) is 10.5. The summed E-state index contributed by atoms with van der Waals surface area (Å²) in [6.07, 6.45) is 1.86. The molecule has 0 N–H and O–H groups in total. The Kier molecular flexibility index (Phi) is 3.09. The van der Waals surface area contributed by atoms with Crippen LogP contribution in [0.15, 0.2) is 41.1 Å². The molecule has 1 aliphatic rings. The standard InChI is InChI=1S/C14H17N2O/c1-10(2)12-5-7-13(8-6-12)17-14-9-11(3)16(4)15-14/h5-10H,4H2,1-3H3/q+1. The third-order valence-electron chi connectivity index (χ3n) is 2.73. The van der Waals surface area contributed by atoms with Crippen LogP contribution in [0.1, 0.15) is 32.3 Å². The molecule has 88 valence electrons. The monoisotopic (exact) mass is 229 g/mol. The Morgan fingerprint density at radius 2 is 1.88 bits per heavy atom. The lowest BCUT2D eigenvalue weighted by atomic mass is 10.0. The molecule has 0 saturated carbocycles. The number of ether oxygens (including phenoxy) is 1. The average molecular weight is 229 g/mol. The Balaban J connectivity index is 2.10. The highest BCUT2D eigenvalue weighted by molar-refractivity contribution is 5.90. The van der Waals surface area contributed by atoms with E-state index in [0.29, 0.717) is 11.8 Å². The summed E-state index contributed by atoms with van der Waals surface area (Å²) in [6.45, 7) is 10.0. The van der Waals surface area contributed by atoms with Gasteiger partial charge in [-0.3, -0.25) is 0 Å². The second kappa shape index (κ2) is 4.53. The van der Waals surface area contributed by atoms with Gasteiger partial charge in [-0.25, -0.2) is 0 Å². The molecule has 17 heavy (non-hydrogen) atoms. The molecule has 1 aromatic rings. The Labute approximate surface area is 102 Å². The summed E-state index contributed by atoms with van der Waals surface area (Å²) in [5, 5.41) is 4.15. The quantitative estimate of drug-likeness (QED) is 0.715. The van der Waals surface area contributed by atoms with Gasteiger partial charge in [0.1, 0.15) is 5.75 Å². The van der Waals surface area contributed by atoms with E-state index in [2.05, 4.69) is 37.8 Å². The molecule has 0 saturated heterocycles. The Morgan fingerprint density at radius 1 is 1.24 bits per heavy atom. The van der Waals surface area contributed by atoms with Crippen molar-refractivity contribution in [3.05, 3.63) is 41.6 Å². The molecule has 0 bridgehead atoms. The van der Waals surface area contributed by atoms with Crippen molar-refractivity contribution in [3.8, 4) is 5.75 Å². The van der Waals surface area contributed by atoms with Crippen LogP contribution in [0.25, 0.3) is 0 Å². The summed E-state index contributed by atoms with van der Waals surface area (Å²) in [7, 11) is 0. The summed E-state index contributed by atoms with van der Waals surface area (Å²) in [6, 6.07) is 8.08. The van der Waals surface area contributed by atoms with Crippen molar-refractivity contribution in [3.63, 3.8) is 0 Å². The van der Waals surface area contributed by atoms with Gasteiger partial charge in [-0.15, -0.1) is 0 Å². The number of hydrazone groups is 1. The molecule has 2 rings (SSSR count). The van der Waals surface area contributed by atoms with E-state index >= 15 is 0 Å². The van der Waals surface area contributed by atoms with Crippen LogP contribution in [0.3, 0.4) is 0 Å². The van der Waals surface area contributed by atoms with E-state index in [1.165, 1.54) is 5.56 Å². The van der Waals surface area contributed by atoms with Crippen LogP contribution in [-0.4, -0.2) is 17.3 Å². The topological polar surface area (TPSA) is 24.6 Å². The van der Waals surface area contributed by atoms with E-state index in [1.807, 2.05) is 25.1 Å². The van der Waals surface area contributed by atoms with Gasteiger partial charge in [0.05, 0.1) is 6.08 Å². The van der Waals surface area contributed by atoms with Crippen LogP contribution in [-0.2, 0) is 0 Å². The predicted molar refractivity (Wildman–Crippen MR) is 69.7 cm³/mol. The zero-order valence-corrected chi connectivity index (χ0v) is 10.5. The summed E-state index contributed by atoms with van der Waals surface area (Å²) >= 11 is 0. The summed E-state index contributed by atoms with van der Waals surface area (Å²) in [5.41, 5.74) is 2.27. The second-order valence-electron chi connectivity index (χ2n) is 4.45. The molecule has 0 radical (unpaired) electrons. The molecule has 3 nitrogen and oxygen atoms in total. The fraction of sp³-hybridized carbons (Fsp3) is 0.286. The van der Waals surface area contributed by atoms with E-state index in [1.54, 1.807) is 4.68 Å². The number of hydrogen-bond acceptors (Lipinski definition) is 2. The van der Waals surface area contributed by atoms with Gasteiger partial charge >= 0.3 is 0 Å². The number of allylic oxidation sites excluding steroid dienone is 1. The number of hydrogen-bond donors (Lipinski definition) is 0. The summed E-state index contributed by atoms with van der Waals surface area (Å²) in [5.74, 6) is 1.91. The molecule has 1 aromatic carbocycles. The minimum absolute atomic E-state index is 0.533. The van der Waals surface area contributed by atoms with Gasteiger partial charge in [0, 0.05) is 12.0 Å². The van der Waals surface area contributed by atoms with Crippen LogP contribution in [0.2, 0.25) is 0 Å². The third kappa shape index (κ3) is 2.61. The van der Waals surface area contributed by atoms with Crippen molar-refractivity contribution >= 4 is 12.6 Å². The lowest BCUT2D eigenvalue weighted by Crippen LogP contribution is -2.03. The predicted octanol–water partition coefficient (Wildman–Crippen LogP) is 3.13. The highest BCUT2D eigenvalue weighted by Gasteiger charge is 2.18. The molecule has 1 aliphatic heterocycles. The molecule has 0 aromatic heterocycles. The van der Waals surface area contributed by atoms with Crippen molar-refractivity contribution in [1.29, 1.82) is 0 Å². The van der Waals surface area contributed by atoms with Crippen molar-refractivity contribution in [2.24, 2.45) is 5.10 Å². The maximum absolute atomic E-state index is 5.64. The first-order chi connectivity index (χ1) is 8.06. The molecule has 0 unspecified atom stereocenters. The fourth-order valence-corrected chi connectivity index (χ4v) is 1.57. The molecular weight excluding hydrogens is 212 g/mol. The SMILES string of the molecule is C=[N+]1N=C(Oc2ccc(C(C)C)cc2)C=C1C. The lowest BCUT2D eigenvalue weighted by Gasteiger charge is -2.06. The van der Waals surface area contributed by atoms with Crippen LogP contribution >= 0.6 is 0 Å². The zero-order chi connectivity index (χ0) is 12.4.